The molecule has 1 N–H and O–H groups in total. The van der Waals surface area contributed by atoms with E-state index in [4.69, 9.17) is 9.15 Å². The summed E-state index contributed by atoms with van der Waals surface area (Å²) < 4.78 is 12.6. The third-order valence-corrected chi connectivity index (χ3v) is 6.18. The minimum Gasteiger partial charge on any atom is -0.497 e. The van der Waals surface area contributed by atoms with Gasteiger partial charge < -0.3 is 14.1 Å². The van der Waals surface area contributed by atoms with E-state index in [9.17, 15) is 4.79 Å². The monoisotopic (exact) mass is 434 g/mol. The number of hydrogen-bond donors (Lipinski definition) is 1. The molecule has 0 amide bonds. The summed E-state index contributed by atoms with van der Waals surface area (Å²) in [6.45, 7) is 1.57. The third kappa shape index (κ3) is 4.29. The number of hydrogen-bond acceptors (Lipinski definition) is 7. The summed E-state index contributed by atoms with van der Waals surface area (Å²) in [5, 5.41) is 13.2. The Labute approximate surface area is 185 Å². The van der Waals surface area contributed by atoms with E-state index in [1.54, 1.807) is 18.1 Å². The minimum atomic E-state index is -0.0687. The van der Waals surface area contributed by atoms with Crippen LogP contribution in [0.25, 0.3) is 10.9 Å². The standard InChI is InChI=1S/C23H26N6O3/c1-31-19-8-9-21-16(12-19)11-17(23(30)24-21)13-28(18-5-2-3-6-18)15-22-25-26-27-29(22)14-20-7-4-10-32-20/h4,7-12,18H,2-3,5-6,13-15H2,1H3,(H,24,30). The molecule has 5 rings (SSSR count). The highest BCUT2D eigenvalue weighted by Crippen LogP contribution is 2.27. The van der Waals surface area contributed by atoms with Gasteiger partial charge >= 0.3 is 0 Å². The van der Waals surface area contributed by atoms with Gasteiger partial charge in [-0.15, -0.1) is 5.10 Å². The molecule has 0 bridgehead atoms. The maximum Gasteiger partial charge on any atom is 0.252 e. The van der Waals surface area contributed by atoms with E-state index >= 15 is 0 Å². The highest BCUT2D eigenvalue weighted by atomic mass is 16.5. The second-order valence-corrected chi connectivity index (χ2v) is 8.25. The number of ether oxygens (including phenoxy) is 1. The van der Waals surface area contributed by atoms with Gasteiger partial charge in [-0.25, -0.2) is 4.68 Å². The van der Waals surface area contributed by atoms with Crippen LogP contribution in [-0.2, 0) is 19.6 Å². The summed E-state index contributed by atoms with van der Waals surface area (Å²) in [6.07, 6.45) is 6.26. The van der Waals surface area contributed by atoms with Crippen molar-refractivity contribution >= 4 is 10.9 Å². The molecule has 1 aliphatic carbocycles. The van der Waals surface area contributed by atoms with Crippen molar-refractivity contribution in [2.45, 2.75) is 51.4 Å². The first-order valence-corrected chi connectivity index (χ1v) is 10.9. The van der Waals surface area contributed by atoms with Crippen molar-refractivity contribution in [1.82, 2.24) is 30.1 Å². The van der Waals surface area contributed by atoms with Crippen LogP contribution in [-0.4, -0.2) is 43.2 Å². The molecular weight excluding hydrogens is 408 g/mol. The van der Waals surface area contributed by atoms with E-state index in [0.29, 0.717) is 25.7 Å². The number of furan rings is 1. The van der Waals surface area contributed by atoms with E-state index in [1.165, 1.54) is 12.8 Å². The zero-order valence-corrected chi connectivity index (χ0v) is 18.0. The van der Waals surface area contributed by atoms with Crippen LogP contribution in [0.5, 0.6) is 5.75 Å². The zero-order valence-electron chi connectivity index (χ0n) is 18.0. The molecule has 166 valence electrons. The molecule has 1 aliphatic rings. The summed E-state index contributed by atoms with van der Waals surface area (Å²) in [7, 11) is 1.64. The average molecular weight is 435 g/mol. The van der Waals surface area contributed by atoms with Gasteiger partial charge in [0.15, 0.2) is 5.82 Å². The van der Waals surface area contributed by atoms with E-state index < -0.39 is 0 Å². The van der Waals surface area contributed by atoms with Crippen molar-refractivity contribution in [3.8, 4) is 5.75 Å². The number of rotatable bonds is 8. The summed E-state index contributed by atoms with van der Waals surface area (Å²) >= 11 is 0. The number of aromatic amines is 1. The molecule has 3 aromatic heterocycles. The van der Waals surface area contributed by atoms with Crippen molar-refractivity contribution in [3.05, 3.63) is 70.2 Å². The first-order valence-electron chi connectivity index (χ1n) is 10.9. The van der Waals surface area contributed by atoms with Crippen LogP contribution in [0.4, 0.5) is 0 Å². The fraction of sp³-hybridized carbons (Fsp3) is 0.391. The lowest BCUT2D eigenvalue weighted by atomic mass is 10.1. The second kappa shape index (κ2) is 8.96. The summed E-state index contributed by atoms with van der Waals surface area (Å²) in [6, 6.07) is 11.8. The molecule has 9 nitrogen and oxygen atoms in total. The average Bonchev–Trinajstić information content (AvgIpc) is 3.58. The Hall–Kier alpha value is -3.46. The number of aromatic nitrogens is 5. The number of nitrogens with one attached hydrogen (secondary N) is 1. The molecule has 4 aromatic rings. The van der Waals surface area contributed by atoms with Crippen molar-refractivity contribution in [1.29, 1.82) is 0 Å². The van der Waals surface area contributed by atoms with Crippen LogP contribution in [0.2, 0.25) is 0 Å². The smallest absolute Gasteiger partial charge is 0.252 e. The Morgan fingerprint density at radius 2 is 2.09 bits per heavy atom. The number of nitrogens with zero attached hydrogens (tertiary/aromatic N) is 5. The maximum absolute atomic E-state index is 12.8. The molecule has 0 saturated heterocycles. The number of benzene rings is 1. The van der Waals surface area contributed by atoms with Crippen molar-refractivity contribution in [3.63, 3.8) is 0 Å². The van der Waals surface area contributed by atoms with Gasteiger partial charge in [0, 0.05) is 29.1 Å². The molecule has 0 unspecified atom stereocenters. The second-order valence-electron chi connectivity index (χ2n) is 8.25. The van der Waals surface area contributed by atoms with Crippen LogP contribution in [0, 0.1) is 0 Å². The fourth-order valence-corrected chi connectivity index (χ4v) is 4.47. The van der Waals surface area contributed by atoms with Crippen molar-refractivity contribution in [2.75, 3.05) is 7.11 Å². The molecule has 0 spiro atoms. The lowest BCUT2D eigenvalue weighted by Gasteiger charge is -2.28. The molecule has 0 atom stereocenters. The molecule has 1 fully saturated rings. The lowest BCUT2D eigenvalue weighted by molar-refractivity contribution is 0.172. The van der Waals surface area contributed by atoms with Gasteiger partial charge in [-0.1, -0.05) is 12.8 Å². The van der Waals surface area contributed by atoms with Gasteiger partial charge in [0.2, 0.25) is 0 Å². The fourth-order valence-electron chi connectivity index (χ4n) is 4.47. The largest absolute Gasteiger partial charge is 0.497 e. The van der Waals surface area contributed by atoms with Gasteiger partial charge in [-0.05, 0) is 59.7 Å². The first-order chi connectivity index (χ1) is 15.7. The molecule has 1 saturated carbocycles. The number of pyridine rings is 1. The number of tetrazole rings is 1. The number of fused-ring (bicyclic) bond motifs is 1. The molecule has 1 aromatic carbocycles. The third-order valence-electron chi connectivity index (χ3n) is 6.18. The Morgan fingerprint density at radius 3 is 2.88 bits per heavy atom. The van der Waals surface area contributed by atoms with E-state index in [2.05, 4.69) is 25.4 Å². The Bertz CT molecular complexity index is 1240. The van der Waals surface area contributed by atoms with Gasteiger partial charge in [0.25, 0.3) is 5.56 Å². The molecular formula is C23H26N6O3. The van der Waals surface area contributed by atoms with Crippen molar-refractivity contribution < 1.29 is 9.15 Å². The van der Waals surface area contributed by atoms with Crippen LogP contribution >= 0.6 is 0 Å². The van der Waals surface area contributed by atoms with E-state index in [1.807, 2.05) is 36.4 Å². The number of H-pyrrole nitrogens is 1. The first kappa shape index (κ1) is 20.4. The predicted molar refractivity (Wildman–Crippen MR) is 118 cm³/mol. The molecule has 32 heavy (non-hydrogen) atoms. The molecule has 3 heterocycles. The molecule has 9 heteroatoms. The minimum absolute atomic E-state index is 0.0687. The summed E-state index contributed by atoms with van der Waals surface area (Å²) in [4.78, 5) is 18.2. The normalized spacial score (nSPS) is 14.6. The number of methoxy groups -OCH3 is 1. The topological polar surface area (TPSA) is 102 Å². The van der Waals surface area contributed by atoms with Crippen LogP contribution in [0.15, 0.2) is 51.9 Å². The Kier molecular flexibility index (Phi) is 5.72. The summed E-state index contributed by atoms with van der Waals surface area (Å²) in [5.41, 5.74) is 1.46. The highest BCUT2D eigenvalue weighted by Gasteiger charge is 2.25. The summed E-state index contributed by atoms with van der Waals surface area (Å²) in [5.74, 6) is 2.32. The maximum atomic E-state index is 12.8. The van der Waals surface area contributed by atoms with Crippen LogP contribution < -0.4 is 10.3 Å². The van der Waals surface area contributed by atoms with Crippen LogP contribution in [0.1, 0.15) is 42.8 Å². The van der Waals surface area contributed by atoms with Crippen LogP contribution in [0.3, 0.4) is 0 Å². The van der Waals surface area contributed by atoms with Gasteiger partial charge in [-0.2, -0.15) is 0 Å². The Morgan fingerprint density at radius 1 is 1.22 bits per heavy atom. The molecule has 0 aliphatic heterocycles. The SMILES string of the molecule is COc1ccc2[nH]c(=O)c(CN(Cc3nnnn3Cc3ccco3)C3CCCC3)cc2c1. The van der Waals surface area contributed by atoms with E-state index in [0.717, 1.165) is 46.6 Å². The highest BCUT2D eigenvalue weighted by molar-refractivity contribution is 5.80. The van der Waals surface area contributed by atoms with E-state index in [-0.39, 0.29) is 5.56 Å². The van der Waals surface area contributed by atoms with Gasteiger partial charge in [0.05, 0.1) is 19.9 Å². The van der Waals surface area contributed by atoms with Crippen molar-refractivity contribution in [2.24, 2.45) is 0 Å². The zero-order chi connectivity index (χ0) is 21.9. The molecule has 0 radical (unpaired) electrons. The predicted octanol–water partition coefficient (Wildman–Crippen LogP) is 3.11. The Balaban J connectivity index is 1.43. The van der Waals surface area contributed by atoms with Gasteiger partial charge in [-0.3, -0.25) is 9.69 Å². The quantitative estimate of drug-likeness (QED) is 0.455. The lowest BCUT2D eigenvalue weighted by Crippen LogP contribution is -2.35. The van der Waals surface area contributed by atoms with Gasteiger partial charge in [0.1, 0.15) is 18.1 Å².